The highest BCUT2D eigenvalue weighted by Gasteiger charge is 2.34. The number of nitrogens with zero attached hydrogens (tertiary/aromatic N) is 3. The lowest BCUT2D eigenvalue weighted by Gasteiger charge is -2.30. The summed E-state index contributed by atoms with van der Waals surface area (Å²) in [5.41, 5.74) is 0.437. The zero-order chi connectivity index (χ0) is 31.5. The van der Waals surface area contributed by atoms with Crippen LogP contribution in [-0.4, -0.2) is 103 Å². The number of rotatable bonds is 11. The molecule has 2 saturated heterocycles. The number of amides is 4. The van der Waals surface area contributed by atoms with Crippen molar-refractivity contribution >= 4 is 24.1 Å². The van der Waals surface area contributed by atoms with Gasteiger partial charge in [-0.1, -0.05) is 47.1 Å². The van der Waals surface area contributed by atoms with Gasteiger partial charge in [0.2, 0.25) is 24.1 Å². The van der Waals surface area contributed by atoms with E-state index in [0.29, 0.717) is 31.4 Å². The molecule has 2 atom stereocenters. The molecule has 41 heavy (non-hydrogen) atoms. The minimum absolute atomic E-state index is 0.0372. The van der Waals surface area contributed by atoms with Gasteiger partial charge in [-0.05, 0) is 71.4 Å². The highest BCUT2D eigenvalue weighted by atomic mass is 19.1. The fourth-order valence-electron chi connectivity index (χ4n) is 4.73. The first-order chi connectivity index (χ1) is 19.3. The Morgan fingerprint density at radius 3 is 2.02 bits per heavy atom. The highest BCUT2D eigenvalue weighted by molar-refractivity contribution is 5.97. The van der Waals surface area contributed by atoms with Gasteiger partial charge < -0.3 is 25.3 Å². The van der Waals surface area contributed by atoms with Crippen LogP contribution in [0, 0.1) is 11.8 Å². The summed E-state index contributed by atoms with van der Waals surface area (Å²) >= 11 is 0. The lowest BCUT2D eigenvalue weighted by atomic mass is 9.99. The number of piperidine rings is 1. The molecule has 10 heteroatoms. The summed E-state index contributed by atoms with van der Waals surface area (Å²) < 4.78 is 12.3. The Morgan fingerprint density at radius 1 is 0.976 bits per heavy atom. The van der Waals surface area contributed by atoms with Crippen molar-refractivity contribution in [2.24, 2.45) is 11.8 Å². The number of hydrogen-bond donors (Lipinski definition) is 2. The van der Waals surface area contributed by atoms with Crippen LogP contribution < -0.4 is 10.6 Å². The average Bonchev–Trinajstić information content (AvgIpc) is 3.43. The predicted molar refractivity (Wildman–Crippen MR) is 164 cm³/mol. The molecule has 0 saturated carbocycles. The largest absolute Gasteiger partial charge is 0.352 e. The normalized spacial score (nSPS) is 18.2. The fraction of sp³-hybridized carbons (Fsp3) is 0.806. The SMILES string of the molecule is C/C(=C\[C@H](C(C)C)N(C)C(=O)CNC=O)C(=O)N1CCCC1C(=O)NCCF.CC(C)C.CC(C)N1CCCCC1. The van der Waals surface area contributed by atoms with Gasteiger partial charge >= 0.3 is 0 Å². The first-order valence-electron chi connectivity index (χ1n) is 15.3. The number of halogens is 1. The van der Waals surface area contributed by atoms with Crippen LogP contribution >= 0.6 is 0 Å². The van der Waals surface area contributed by atoms with Crippen molar-refractivity contribution < 1.29 is 23.6 Å². The van der Waals surface area contributed by atoms with E-state index in [4.69, 9.17) is 0 Å². The first kappa shape index (κ1) is 38.5. The molecule has 9 nitrogen and oxygen atoms in total. The van der Waals surface area contributed by atoms with Crippen LogP contribution in [0.3, 0.4) is 0 Å². The van der Waals surface area contributed by atoms with E-state index in [2.05, 4.69) is 50.2 Å². The Kier molecular flexibility index (Phi) is 20.0. The van der Waals surface area contributed by atoms with E-state index in [-0.39, 0.29) is 42.8 Å². The molecule has 2 rings (SSSR count). The van der Waals surface area contributed by atoms with Crippen molar-refractivity contribution in [1.82, 2.24) is 25.3 Å². The van der Waals surface area contributed by atoms with Gasteiger partial charge in [0.15, 0.2) is 0 Å². The third kappa shape index (κ3) is 15.3. The molecule has 2 aliphatic heterocycles. The molecule has 0 radical (unpaired) electrons. The Bertz CT molecular complexity index is 810. The molecular formula is C31H58FN5O4. The number of likely N-dealkylation sites (N-methyl/N-ethyl adjacent to an activating group) is 1. The van der Waals surface area contributed by atoms with Crippen LogP contribution in [0.25, 0.3) is 0 Å². The van der Waals surface area contributed by atoms with E-state index in [1.54, 1.807) is 20.0 Å². The van der Waals surface area contributed by atoms with Gasteiger partial charge in [-0.15, -0.1) is 0 Å². The third-order valence-corrected chi connectivity index (χ3v) is 6.95. The van der Waals surface area contributed by atoms with Gasteiger partial charge in [0.05, 0.1) is 12.6 Å². The Morgan fingerprint density at radius 2 is 1.56 bits per heavy atom. The average molecular weight is 584 g/mol. The fourth-order valence-corrected chi connectivity index (χ4v) is 4.73. The number of alkyl halides is 1. The van der Waals surface area contributed by atoms with E-state index in [1.165, 1.54) is 42.2 Å². The molecule has 2 heterocycles. The molecule has 0 aromatic heterocycles. The molecule has 0 aromatic rings. The van der Waals surface area contributed by atoms with Gasteiger partial charge in [-0.25, -0.2) is 4.39 Å². The molecule has 2 fully saturated rings. The second-order valence-corrected chi connectivity index (χ2v) is 12.1. The second-order valence-electron chi connectivity index (χ2n) is 12.1. The molecule has 238 valence electrons. The van der Waals surface area contributed by atoms with Crippen molar-refractivity contribution in [1.29, 1.82) is 0 Å². The third-order valence-electron chi connectivity index (χ3n) is 6.95. The summed E-state index contributed by atoms with van der Waals surface area (Å²) in [4.78, 5) is 53.2. The molecule has 1 unspecified atom stereocenters. The maximum absolute atomic E-state index is 12.9. The highest BCUT2D eigenvalue weighted by Crippen LogP contribution is 2.21. The topological polar surface area (TPSA) is 102 Å². The van der Waals surface area contributed by atoms with Crippen LogP contribution in [0.2, 0.25) is 0 Å². The molecule has 4 amide bonds. The predicted octanol–water partition coefficient (Wildman–Crippen LogP) is 3.78. The van der Waals surface area contributed by atoms with Crippen LogP contribution in [-0.2, 0) is 19.2 Å². The van der Waals surface area contributed by atoms with Crippen molar-refractivity contribution in [3.05, 3.63) is 11.6 Å². The van der Waals surface area contributed by atoms with Gasteiger partial charge in [0.25, 0.3) is 0 Å². The molecular weight excluding hydrogens is 525 g/mol. The Labute approximate surface area is 248 Å². The summed E-state index contributed by atoms with van der Waals surface area (Å²) in [6.45, 7) is 18.9. The van der Waals surface area contributed by atoms with E-state index >= 15 is 0 Å². The molecule has 0 aliphatic carbocycles. The van der Waals surface area contributed by atoms with Crippen molar-refractivity contribution in [2.75, 3.05) is 46.4 Å². The molecule has 0 aromatic carbocycles. The van der Waals surface area contributed by atoms with Gasteiger partial charge in [-0.2, -0.15) is 0 Å². The Hall–Kier alpha value is -2.49. The van der Waals surface area contributed by atoms with E-state index in [9.17, 15) is 23.6 Å². The van der Waals surface area contributed by atoms with Gasteiger partial charge in [0, 0.05) is 31.8 Å². The van der Waals surface area contributed by atoms with Crippen LogP contribution in [0.15, 0.2) is 11.6 Å². The van der Waals surface area contributed by atoms with E-state index < -0.39 is 12.7 Å². The summed E-state index contributed by atoms with van der Waals surface area (Å²) in [7, 11) is 1.62. The van der Waals surface area contributed by atoms with E-state index in [1.807, 2.05) is 13.8 Å². The quantitative estimate of drug-likeness (QED) is 0.285. The summed E-state index contributed by atoms with van der Waals surface area (Å²) in [5.74, 6) is -0.0125. The van der Waals surface area contributed by atoms with Crippen LogP contribution in [0.1, 0.15) is 87.5 Å². The maximum atomic E-state index is 12.9. The summed E-state index contributed by atoms with van der Waals surface area (Å²) in [5, 5.41) is 4.83. The van der Waals surface area contributed by atoms with Crippen molar-refractivity contribution in [3.8, 4) is 0 Å². The summed E-state index contributed by atoms with van der Waals surface area (Å²) in [6.07, 6.45) is 7.71. The second kappa shape index (κ2) is 21.2. The maximum Gasteiger partial charge on any atom is 0.249 e. The van der Waals surface area contributed by atoms with Gasteiger partial charge in [0.1, 0.15) is 12.7 Å². The zero-order valence-electron chi connectivity index (χ0n) is 27.2. The number of likely N-dealkylation sites (tertiary alicyclic amines) is 2. The number of carbonyl (C=O) groups excluding carboxylic acids is 4. The molecule has 0 bridgehead atoms. The number of carbonyl (C=O) groups is 4. The van der Waals surface area contributed by atoms with Crippen LogP contribution in [0.5, 0.6) is 0 Å². The minimum Gasteiger partial charge on any atom is -0.352 e. The van der Waals surface area contributed by atoms with Crippen molar-refractivity contribution in [2.45, 2.75) is 106 Å². The standard InChI is InChI=1S/C19H31FN4O4.C8H17N.C4H10/c1-13(2)16(23(4)17(26)11-21-12-25)10-14(3)19(28)24-9-5-6-15(24)18(27)22-8-7-20;1-8(2)9-6-4-3-5-7-9;1-4(2)3/h10,12-13,15-16H,5-9,11H2,1-4H3,(H,21,25)(H,22,27);8H,3-7H2,1-2H3;4H,1-3H3/b14-10+;;/t15?,16-;;/m1../s1. The van der Waals surface area contributed by atoms with Gasteiger partial charge in [-0.3, -0.25) is 19.2 Å². The smallest absolute Gasteiger partial charge is 0.249 e. The monoisotopic (exact) mass is 583 g/mol. The lowest BCUT2D eigenvalue weighted by molar-refractivity contribution is -0.135. The number of nitrogens with one attached hydrogen (secondary N) is 2. The lowest BCUT2D eigenvalue weighted by Crippen LogP contribution is -2.47. The molecule has 0 spiro atoms. The van der Waals surface area contributed by atoms with E-state index in [0.717, 1.165) is 12.0 Å². The Balaban J connectivity index is 0.00000101. The van der Waals surface area contributed by atoms with Crippen molar-refractivity contribution in [3.63, 3.8) is 0 Å². The zero-order valence-corrected chi connectivity index (χ0v) is 27.2. The molecule has 2 aliphatic rings. The first-order valence-corrected chi connectivity index (χ1v) is 15.3. The summed E-state index contributed by atoms with van der Waals surface area (Å²) in [6, 6.07) is -0.173. The minimum atomic E-state index is -0.652. The van der Waals surface area contributed by atoms with Crippen LogP contribution in [0.4, 0.5) is 4.39 Å². The number of hydrogen-bond acceptors (Lipinski definition) is 5. The molecule has 2 N–H and O–H groups in total.